The van der Waals surface area contributed by atoms with E-state index in [9.17, 15) is 0 Å². The van der Waals surface area contributed by atoms with Crippen LogP contribution in [-0.4, -0.2) is 19.4 Å². The minimum absolute atomic E-state index is 0.815. The number of rotatable bonds is 2. The molecule has 0 aliphatic carbocycles. The second-order valence-corrected chi connectivity index (χ2v) is 7.68. The first-order valence-corrected chi connectivity index (χ1v) is 10.2. The van der Waals surface area contributed by atoms with Crippen LogP contribution in [-0.2, 0) is 0 Å². The summed E-state index contributed by atoms with van der Waals surface area (Å²) in [6.45, 7) is 0. The molecule has 0 amide bonds. The third-order valence-corrected chi connectivity index (χ3v) is 5.80. The number of para-hydroxylation sites is 3. The van der Waals surface area contributed by atoms with Crippen LogP contribution < -0.4 is 0 Å². The van der Waals surface area contributed by atoms with Gasteiger partial charge in [0.25, 0.3) is 0 Å². The number of H-pyrrole nitrogens is 1. The molecule has 0 saturated heterocycles. The average molecular weight is 400 g/mol. The zero-order chi connectivity index (χ0) is 20.4. The molecule has 5 nitrogen and oxygen atoms in total. The highest BCUT2D eigenvalue weighted by Crippen LogP contribution is 2.32. The molecule has 146 valence electrons. The fourth-order valence-corrected chi connectivity index (χ4v) is 4.31. The Morgan fingerprint density at radius 3 is 2.55 bits per heavy atom. The third-order valence-electron chi connectivity index (χ3n) is 5.80. The molecule has 3 aromatic carbocycles. The summed E-state index contributed by atoms with van der Waals surface area (Å²) in [6, 6.07) is 28.6. The molecule has 0 aliphatic rings. The van der Waals surface area contributed by atoms with Crippen molar-refractivity contribution in [2.24, 2.45) is 0 Å². The molecule has 5 heteroatoms. The minimum Gasteiger partial charge on any atom is -0.456 e. The first-order valence-electron chi connectivity index (χ1n) is 10.2. The number of aromatic nitrogens is 4. The van der Waals surface area contributed by atoms with Crippen molar-refractivity contribution >= 4 is 38.7 Å². The summed E-state index contributed by atoms with van der Waals surface area (Å²) in [7, 11) is 0. The molecule has 0 aliphatic heterocycles. The molecule has 0 fully saturated rings. The second kappa shape index (κ2) is 6.06. The number of hydrogen-bond donors (Lipinski definition) is 1. The van der Waals surface area contributed by atoms with Crippen LogP contribution in [0.4, 0.5) is 0 Å². The van der Waals surface area contributed by atoms with Crippen LogP contribution in [0.2, 0.25) is 0 Å². The highest BCUT2D eigenvalue weighted by Gasteiger charge is 2.12. The molecule has 4 heterocycles. The Morgan fingerprint density at radius 2 is 1.55 bits per heavy atom. The van der Waals surface area contributed by atoms with E-state index in [-0.39, 0.29) is 0 Å². The van der Waals surface area contributed by atoms with Crippen LogP contribution in [0.15, 0.2) is 95.5 Å². The summed E-state index contributed by atoms with van der Waals surface area (Å²) in [6.07, 6.45) is 2.06. The molecule has 0 spiro atoms. The van der Waals surface area contributed by atoms with Gasteiger partial charge < -0.3 is 9.40 Å². The predicted octanol–water partition coefficient (Wildman–Crippen LogP) is 6.44. The lowest BCUT2D eigenvalue weighted by Gasteiger charge is -2.04. The van der Waals surface area contributed by atoms with Gasteiger partial charge in [-0.25, -0.2) is 9.97 Å². The number of nitrogens with zero attached hydrogens (tertiary/aromatic N) is 3. The smallest absolute Gasteiger partial charge is 0.212 e. The zero-order valence-electron chi connectivity index (χ0n) is 16.4. The van der Waals surface area contributed by atoms with Gasteiger partial charge in [0, 0.05) is 22.5 Å². The number of fused-ring (bicyclic) bond motifs is 6. The van der Waals surface area contributed by atoms with Crippen molar-refractivity contribution in [1.29, 1.82) is 0 Å². The van der Waals surface area contributed by atoms with Crippen LogP contribution in [0.25, 0.3) is 61.4 Å². The van der Waals surface area contributed by atoms with Gasteiger partial charge in [-0.3, -0.25) is 4.40 Å². The molecule has 0 atom stereocenters. The van der Waals surface area contributed by atoms with Crippen molar-refractivity contribution in [2.75, 3.05) is 0 Å². The quantitative estimate of drug-likeness (QED) is 0.363. The molecule has 0 radical (unpaired) electrons. The van der Waals surface area contributed by atoms with E-state index in [1.807, 2.05) is 60.7 Å². The largest absolute Gasteiger partial charge is 0.456 e. The van der Waals surface area contributed by atoms with Gasteiger partial charge in [0.1, 0.15) is 11.2 Å². The van der Waals surface area contributed by atoms with Crippen molar-refractivity contribution in [3.63, 3.8) is 0 Å². The van der Waals surface area contributed by atoms with Crippen LogP contribution in [0.1, 0.15) is 0 Å². The summed E-state index contributed by atoms with van der Waals surface area (Å²) >= 11 is 0. The SMILES string of the molecule is c1cc(-c2ccc3oc4ccccc4c3c2)nc(-c2cn3c(nc4ccccc43)[nH]2)c1. The lowest BCUT2D eigenvalue weighted by Crippen LogP contribution is -1.88. The molecule has 31 heavy (non-hydrogen) atoms. The van der Waals surface area contributed by atoms with Crippen molar-refractivity contribution < 1.29 is 4.42 Å². The maximum absolute atomic E-state index is 5.96. The summed E-state index contributed by atoms with van der Waals surface area (Å²) in [5.41, 5.74) is 7.63. The highest BCUT2D eigenvalue weighted by atomic mass is 16.3. The first-order chi connectivity index (χ1) is 15.3. The van der Waals surface area contributed by atoms with E-state index in [0.29, 0.717) is 0 Å². The molecule has 0 bridgehead atoms. The van der Waals surface area contributed by atoms with Crippen LogP contribution in [0, 0.1) is 0 Å². The van der Waals surface area contributed by atoms with Gasteiger partial charge >= 0.3 is 0 Å². The number of aromatic amines is 1. The van der Waals surface area contributed by atoms with Gasteiger partial charge in [-0.1, -0.05) is 36.4 Å². The van der Waals surface area contributed by atoms with Gasteiger partial charge in [-0.15, -0.1) is 0 Å². The molecule has 1 N–H and O–H groups in total. The van der Waals surface area contributed by atoms with Crippen LogP contribution in [0.5, 0.6) is 0 Å². The average Bonchev–Trinajstić information content (AvgIpc) is 3.49. The Morgan fingerprint density at radius 1 is 0.710 bits per heavy atom. The molecule has 4 aromatic heterocycles. The van der Waals surface area contributed by atoms with Gasteiger partial charge in [-0.05, 0) is 48.5 Å². The fourth-order valence-electron chi connectivity index (χ4n) is 4.31. The summed E-state index contributed by atoms with van der Waals surface area (Å²) in [5.74, 6) is 0.815. The lowest BCUT2D eigenvalue weighted by atomic mass is 10.1. The molecule has 7 aromatic rings. The van der Waals surface area contributed by atoms with E-state index in [0.717, 1.165) is 61.4 Å². The molecule has 0 saturated carbocycles. The molecule has 7 rings (SSSR count). The number of benzene rings is 3. The summed E-state index contributed by atoms with van der Waals surface area (Å²) < 4.78 is 8.03. The summed E-state index contributed by atoms with van der Waals surface area (Å²) in [5, 5.41) is 2.22. The minimum atomic E-state index is 0.815. The van der Waals surface area contributed by atoms with E-state index < -0.39 is 0 Å². The standard InChI is InChI=1S/C26H16N4O/c1-4-11-24-17(6-1)18-14-16(12-13-25(18)31-24)19-8-5-9-20(27-19)22-15-30-23-10-3-2-7-21(23)28-26(30)29-22/h1-15H,(H,28,29). The number of nitrogens with one attached hydrogen (secondary N) is 1. The van der Waals surface area contributed by atoms with Crippen LogP contribution >= 0.6 is 0 Å². The van der Waals surface area contributed by atoms with E-state index >= 15 is 0 Å². The first kappa shape index (κ1) is 16.4. The van der Waals surface area contributed by atoms with Gasteiger partial charge in [0.2, 0.25) is 5.78 Å². The van der Waals surface area contributed by atoms with E-state index in [1.165, 1.54) is 0 Å². The normalized spacial score (nSPS) is 11.9. The molecule has 0 unspecified atom stereocenters. The number of imidazole rings is 2. The fraction of sp³-hybridized carbons (Fsp3) is 0. The highest BCUT2D eigenvalue weighted by molar-refractivity contribution is 6.06. The predicted molar refractivity (Wildman–Crippen MR) is 123 cm³/mol. The number of furan rings is 1. The summed E-state index contributed by atoms with van der Waals surface area (Å²) in [4.78, 5) is 13.0. The van der Waals surface area contributed by atoms with Gasteiger partial charge in [0.05, 0.1) is 28.1 Å². The third kappa shape index (κ3) is 2.43. The lowest BCUT2D eigenvalue weighted by molar-refractivity contribution is 0.669. The van der Waals surface area contributed by atoms with Crippen LogP contribution in [0.3, 0.4) is 0 Å². The van der Waals surface area contributed by atoms with E-state index in [1.54, 1.807) is 0 Å². The second-order valence-electron chi connectivity index (χ2n) is 7.68. The Hall–Kier alpha value is -4.38. The van der Waals surface area contributed by atoms with Gasteiger partial charge in [-0.2, -0.15) is 0 Å². The Bertz CT molecular complexity index is 1750. The molecular weight excluding hydrogens is 384 g/mol. The van der Waals surface area contributed by atoms with Crippen molar-refractivity contribution in [1.82, 2.24) is 19.4 Å². The van der Waals surface area contributed by atoms with Gasteiger partial charge in [0.15, 0.2) is 0 Å². The van der Waals surface area contributed by atoms with Crippen molar-refractivity contribution in [3.8, 4) is 22.6 Å². The van der Waals surface area contributed by atoms with Crippen molar-refractivity contribution in [3.05, 3.63) is 91.1 Å². The Labute approximate surface area is 176 Å². The zero-order valence-corrected chi connectivity index (χ0v) is 16.4. The monoisotopic (exact) mass is 400 g/mol. The van der Waals surface area contributed by atoms with Crippen molar-refractivity contribution in [2.45, 2.75) is 0 Å². The topological polar surface area (TPSA) is 59.1 Å². The number of pyridine rings is 1. The Balaban J connectivity index is 1.36. The Kier molecular flexibility index (Phi) is 3.21. The maximum atomic E-state index is 5.96. The number of hydrogen-bond acceptors (Lipinski definition) is 3. The van der Waals surface area contributed by atoms with E-state index in [2.05, 4.69) is 44.8 Å². The molecular formula is C26H16N4O. The van der Waals surface area contributed by atoms with E-state index in [4.69, 9.17) is 9.40 Å². The maximum Gasteiger partial charge on any atom is 0.212 e.